The van der Waals surface area contributed by atoms with Gasteiger partial charge in [-0.2, -0.15) is 0 Å². The number of carbonyl (C=O) groups is 2. The van der Waals surface area contributed by atoms with Crippen molar-refractivity contribution in [3.05, 3.63) is 61.1 Å². The van der Waals surface area contributed by atoms with Crippen molar-refractivity contribution in [3.8, 4) is 11.3 Å². The normalized spacial score (nSPS) is 20.1. The predicted molar refractivity (Wildman–Crippen MR) is 119 cm³/mol. The van der Waals surface area contributed by atoms with Gasteiger partial charge in [0, 0.05) is 48.1 Å². The maximum Gasteiger partial charge on any atom is 0.259 e. The van der Waals surface area contributed by atoms with Crippen molar-refractivity contribution in [1.82, 2.24) is 20.3 Å². The smallest absolute Gasteiger partial charge is 0.259 e. The summed E-state index contributed by atoms with van der Waals surface area (Å²) >= 11 is 0. The minimum Gasteiger partial charge on any atom is -0.444 e. The first-order valence-electron chi connectivity index (χ1n) is 11.3. The molecule has 5 rings (SSSR count). The zero-order chi connectivity index (χ0) is 24.4. The van der Waals surface area contributed by atoms with Crippen molar-refractivity contribution in [1.29, 1.82) is 0 Å². The third-order valence-corrected chi connectivity index (χ3v) is 6.17. The van der Waals surface area contributed by atoms with Crippen LogP contribution in [0.4, 0.5) is 14.5 Å². The fourth-order valence-electron chi connectivity index (χ4n) is 4.23. The summed E-state index contributed by atoms with van der Waals surface area (Å²) in [4.78, 5) is 40.2. The minimum absolute atomic E-state index is 0.155. The number of nitrogens with one attached hydrogen (secondary N) is 1. The zero-order valence-corrected chi connectivity index (χ0v) is 18.6. The van der Waals surface area contributed by atoms with Crippen LogP contribution in [0.15, 0.2) is 60.0 Å². The van der Waals surface area contributed by atoms with E-state index in [0.717, 1.165) is 5.56 Å². The van der Waals surface area contributed by atoms with E-state index in [1.807, 2.05) is 0 Å². The van der Waals surface area contributed by atoms with E-state index in [9.17, 15) is 18.4 Å². The topological polar surface area (TPSA) is 114 Å². The molecule has 0 spiro atoms. The molecule has 2 amide bonds. The molecular weight excluding hydrogens is 460 g/mol. The molecule has 1 aliphatic carbocycles. The summed E-state index contributed by atoms with van der Waals surface area (Å²) in [5.41, 5.74) is 1.58. The molecule has 1 aromatic carbocycles. The van der Waals surface area contributed by atoms with Gasteiger partial charge in [-0.25, -0.2) is 23.7 Å². The molecule has 3 heterocycles. The lowest BCUT2D eigenvalue weighted by Crippen LogP contribution is -2.49. The van der Waals surface area contributed by atoms with E-state index in [1.165, 1.54) is 30.0 Å². The number of nitrogens with zero attached hydrogens (tertiary/aromatic N) is 4. The van der Waals surface area contributed by atoms with Gasteiger partial charge >= 0.3 is 0 Å². The minimum atomic E-state index is -2.72. The Morgan fingerprint density at radius 2 is 1.74 bits per heavy atom. The fraction of sp³-hybridized carbons (Fsp3) is 0.375. The van der Waals surface area contributed by atoms with Crippen LogP contribution in [0.25, 0.3) is 11.3 Å². The summed E-state index contributed by atoms with van der Waals surface area (Å²) < 4.78 is 37.8. The summed E-state index contributed by atoms with van der Waals surface area (Å²) in [5, 5.41) is 2.87. The molecule has 1 saturated heterocycles. The number of hydrogen-bond donors (Lipinski definition) is 1. The Labute approximate surface area is 199 Å². The number of rotatable bonds is 7. The van der Waals surface area contributed by atoms with Crippen molar-refractivity contribution >= 4 is 17.5 Å². The SMILES string of the molecule is O=C(NC1CCC(F)(F)CC1)[C@@H](c1cncnc1)N(C(=O)[C@@H]1CO1)c1ccc(-c2cnco2)cc1. The molecule has 0 bridgehead atoms. The maximum absolute atomic E-state index is 13.6. The van der Waals surface area contributed by atoms with Gasteiger partial charge in [-0.15, -0.1) is 0 Å². The molecule has 3 aromatic rings. The van der Waals surface area contributed by atoms with Gasteiger partial charge in [-0.05, 0) is 37.1 Å². The first-order valence-corrected chi connectivity index (χ1v) is 11.3. The second-order valence-corrected chi connectivity index (χ2v) is 8.66. The lowest BCUT2D eigenvalue weighted by molar-refractivity contribution is -0.128. The number of alkyl halides is 2. The van der Waals surface area contributed by atoms with Crippen molar-refractivity contribution in [2.24, 2.45) is 0 Å². The number of oxazole rings is 1. The third-order valence-electron chi connectivity index (χ3n) is 6.17. The van der Waals surface area contributed by atoms with Gasteiger partial charge in [0.2, 0.25) is 11.8 Å². The first-order chi connectivity index (χ1) is 16.9. The van der Waals surface area contributed by atoms with Crippen LogP contribution in [0.1, 0.15) is 37.3 Å². The van der Waals surface area contributed by atoms with Crippen LogP contribution in [0.2, 0.25) is 0 Å². The Balaban J connectivity index is 1.47. The highest BCUT2D eigenvalue weighted by atomic mass is 19.3. The molecule has 2 aromatic heterocycles. The predicted octanol–water partition coefficient (Wildman–Crippen LogP) is 3.30. The number of aromatic nitrogens is 3. The largest absolute Gasteiger partial charge is 0.444 e. The highest BCUT2D eigenvalue weighted by Crippen LogP contribution is 2.35. The molecule has 182 valence electrons. The van der Waals surface area contributed by atoms with Crippen molar-refractivity contribution in [3.63, 3.8) is 0 Å². The van der Waals surface area contributed by atoms with E-state index in [4.69, 9.17) is 9.15 Å². The van der Waals surface area contributed by atoms with Crippen LogP contribution >= 0.6 is 0 Å². The average Bonchev–Trinajstić information content (AvgIpc) is 3.58. The van der Waals surface area contributed by atoms with Crippen molar-refractivity contribution < 1.29 is 27.5 Å². The summed E-state index contributed by atoms with van der Waals surface area (Å²) in [7, 11) is 0. The number of ether oxygens (including phenoxy) is 1. The van der Waals surface area contributed by atoms with Crippen LogP contribution in [-0.2, 0) is 14.3 Å². The number of epoxide rings is 1. The summed E-state index contributed by atoms with van der Waals surface area (Å²) in [5.74, 6) is -3.05. The Kier molecular flexibility index (Phi) is 6.25. The second kappa shape index (κ2) is 9.49. The fourth-order valence-corrected chi connectivity index (χ4v) is 4.23. The number of carbonyl (C=O) groups excluding carboxylic acids is 2. The molecule has 35 heavy (non-hydrogen) atoms. The number of anilines is 1. The summed E-state index contributed by atoms with van der Waals surface area (Å²) in [6, 6.07) is 5.36. The third kappa shape index (κ3) is 5.19. The van der Waals surface area contributed by atoms with Crippen LogP contribution in [0, 0.1) is 0 Å². The van der Waals surface area contributed by atoms with Crippen molar-refractivity contribution in [2.45, 2.75) is 49.8 Å². The van der Waals surface area contributed by atoms with Gasteiger partial charge in [0.15, 0.2) is 18.3 Å². The van der Waals surface area contributed by atoms with Gasteiger partial charge < -0.3 is 14.5 Å². The molecule has 1 N–H and O–H groups in total. The highest BCUT2D eigenvalue weighted by Gasteiger charge is 2.43. The Morgan fingerprint density at radius 3 is 2.34 bits per heavy atom. The maximum atomic E-state index is 13.6. The number of amides is 2. The van der Waals surface area contributed by atoms with Crippen LogP contribution in [0.5, 0.6) is 0 Å². The van der Waals surface area contributed by atoms with Crippen LogP contribution in [0.3, 0.4) is 0 Å². The van der Waals surface area contributed by atoms with Gasteiger partial charge in [-0.1, -0.05) is 0 Å². The number of hydrogen-bond acceptors (Lipinski definition) is 7. The van der Waals surface area contributed by atoms with Gasteiger partial charge in [0.05, 0.1) is 12.8 Å². The summed E-state index contributed by atoms with van der Waals surface area (Å²) in [6.07, 6.45) is 6.19. The van der Waals surface area contributed by atoms with E-state index in [2.05, 4.69) is 20.3 Å². The molecule has 1 saturated carbocycles. The van der Waals surface area contributed by atoms with Crippen LogP contribution in [-0.4, -0.2) is 51.4 Å². The molecule has 11 heteroatoms. The Bertz CT molecular complexity index is 1160. The molecule has 9 nitrogen and oxygen atoms in total. The number of benzene rings is 1. The second-order valence-electron chi connectivity index (χ2n) is 8.66. The highest BCUT2D eigenvalue weighted by molar-refractivity contribution is 6.04. The molecule has 0 radical (unpaired) electrons. The molecule has 2 aliphatic rings. The van der Waals surface area contributed by atoms with E-state index in [1.54, 1.807) is 30.5 Å². The van der Waals surface area contributed by atoms with Crippen molar-refractivity contribution in [2.75, 3.05) is 11.5 Å². The van der Waals surface area contributed by atoms with E-state index >= 15 is 0 Å². The van der Waals surface area contributed by atoms with Gasteiger partial charge in [0.1, 0.15) is 12.4 Å². The van der Waals surface area contributed by atoms with E-state index < -0.39 is 35.9 Å². The Morgan fingerprint density at radius 1 is 1.06 bits per heavy atom. The van der Waals surface area contributed by atoms with E-state index in [0.29, 0.717) is 17.0 Å². The van der Waals surface area contributed by atoms with E-state index in [-0.39, 0.29) is 32.3 Å². The van der Waals surface area contributed by atoms with Gasteiger partial charge in [0.25, 0.3) is 5.91 Å². The molecule has 0 unspecified atom stereocenters. The molecule has 2 fully saturated rings. The molecular formula is C24H23F2N5O4. The molecule has 2 atom stereocenters. The molecule has 1 aliphatic heterocycles. The summed E-state index contributed by atoms with van der Waals surface area (Å²) in [6.45, 7) is 0.253. The lowest BCUT2D eigenvalue weighted by atomic mass is 9.92. The average molecular weight is 483 g/mol. The Hall–Kier alpha value is -3.73. The van der Waals surface area contributed by atoms with Gasteiger partial charge in [-0.3, -0.25) is 14.5 Å². The first kappa shape index (κ1) is 23.0. The quantitative estimate of drug-likeness (QED) is 0.513. The standard InChI is InChI=1S/C24H23F2N5O4/c25-24(26)7-5-17(6-8-24)30-22(32)21(16-9-27-13-28-10-16)31(23(33)20-12-34-20)18-3-1-15(2-4-18)19-11-29-14-35-19/h1-4,9-11,13-14,17,20-21H,5-8,12H2,(H,30,32)/t20-,21+/m0/s1. The lowest BCUT2D eigenvalue weighted by Gasteiger charge is -2.34. The zero-order valence-electron chi connectivity index (χ0n) is 18.6. The van der Waals surface area contributed by atoms with Crippen LogP contribution < -0.4 is 10.2 Å². The monoisotopic (exact) mass is 483 g/mol. The number of halogens is 2.